The van der Waals surface area contributed by atoms with Gasteiger partial charge in [-0.1, -0.05) is 17.7 Å². The molecule has 0 atom stereocenters. The monoisotopic (exact) mass is 236 g/mol. The Morgan fingerprint density at radius 3 is 2.81 bits per heavy atom. The molecule has 0 bridgehead atoms. The standard InChI is InChI=1S/C13H17ClN2/c1-10-11(14)3-2-4-12(10)16-6-5-13(9-16)7-15-8-13/h2-4,15H,5-9H2,1H3. The summed E-state index contributed by atoms with van der Waals surface area (Å²) < 4.78 is 0. The summed E-state index contributed by atoms with van der Waals surface area (Å²) in [6, 6.07) is 6.21. The average molecular weight is 237 g/mol. The van der Waals surface area contributed by atoms with Gasteiger partial charge >= 0.3 is 0 Å². The summed E-state index contributed by atoms with van der Waals surface area (Å²) >= 11 is 6.17. The molecule has 16 heavy (non-hydrogen) atoms. The molecule has 0 unspecified atom stereocenters. The third-order valence-corrected chi connectivity index (χ3v) is 4.43. The zero-order valence-electron chi connectivity index (χ0n) is 9.59. The van der Waals surface area contributed by atoms with Crippen LogP contribution in [0.2, 0.25) is 5.02 Å². The fourth-order valence-corrected chi connectivity index (χ4v) is 3.02. The van der Waals surface area contributed by atoms with Gasteiger partial charge in [-0.2, -0.15) is 0 Å². The van der Waals surface area contributed by atoms with Gasteiger partial charge in [0.25, 0.3) is 0 Å². The number of benzene rings is 1. The molecule has 0 radical (unpaired) electrons. The number of rotatable bonds is 1. The molecule has 1 spiro atoms. The van der Waals surface area contributed by atoms with Crippen LogP contribution in [0, 0.1) is 12.3 Å². The highest BCUT2D eigenvalue weighted by Crippen LogP contribution is 2.38. The molecule has 3 rings (SSSR count). The molecule has 2 heterocycles. The van der Waals surface area contributed by atoms with E-state index in [1.807, 2.05) is 6.07 Å². The van der Waals surface area contributed by atoms with E-state index in [9.17, 15) is 0 Å². The first kappa shape index (κ1) is 10.4. The van der Waals surface area contributed by atoms with Gasteiger partial charge in [-0.3, -0.25) is 0 Å². The van der Waals surface area contributed by atoms with Gasteiger partial charge < -0.3 is 10.2 Å². The smallest absolute Gasteiger partial charge is 0.0455 e. The highest BCUT2D eigenvalue weighted by atomic mass is 35.5. The van der Waals surface area contributed by atoms with E-state index in [0.717, 1.165) is 5.02 Å². The third-order valence-electron chi connectivity index (χ3n) is 4.02. The summed E-state index contributed by atoms with van der Waals surface area (Å²) in [6.45, 7) is 6.83. The zero-order chi connectivity index (χ0) is 11.2. The lowest BCUT2D eigenvalue weighted by Crippen LogP contribution is -2.54. The summed E-state index contributed by atoms with van der Waals surface area (Å²) in [5, 5.41) is 4.27. The van der Waals surface area contributed by atoms with Crippen LogP contribution in [0.5, 0.6) is 0 Å². The molecule has 0 aliphatic carbocycles. The molecule has 0 aromatic heterocycles. The van der Waals surface area contributed by atoms with Gasteiger partial charge in [0.2, 0.25) is 0 Å². The van der Waals surface area contributed by atoms with Crippen LogP contribution >= 0.6 is 11.6 Å². The predicted molar refractivity (Wildman–Crippen MR) is 68.3 cm³/mol. The predicted octanol–water partition coefficient (Wildman–Crippen LogP) is 2.45. The second-order valence-corrected chi connectivity index (χ2v) is 5.57. The van der Waals surface area contributed by atoms with E-state index in [2.05, 4.69) is 29.3 Å². The van der Waals surface area contributed by atoms with Crippen molar-refractivity contribution >= 4 is 17.3 Å². The molecule has 2 aliphatic rings. The molecule has 2 nitrogen and oxygen atoms in total. The van der Waals surface area contributed by atoms with E-state index in [1.54, 1.807) is 0 Å². The van der Waals surface area contributed by atoms with Crippen LogP contribution in [0.15, 0.2) is 18.2 Å². The highest BCUT2D eigenvalue weighted by Gasteiger charge is 2.43. The van der Waals surface area contributed by atoms with Crippen molar-refractivity contribution in [2.24, 2.45) is 5.41 Å². The molecule has 0 amide bonds. The lowest BCUT2D eigenvalue weighted by molar-refractivity contribution is 0.200. The molecule has 1 aromatic rings. The SMILES string of the molecule is Cc1c(Cl)cccc1N1CCC2(CNC2)C1. The Balaban J connectivity index is 1.85. The van der Waals surface area contributed by atoms with E-state index >= 15 is 0 Å². The number of anilines is 1. The molecular formula is C13H17ClN2. The Bertz CT molecular complexity index is 412. The second-order valence-electron chi connectivity index (χ2n) is 5.16. The van der Waals surface area contributed by atoms with Crippen molar-refractivity contribution in [3.63, 3.8) is 0 Å². The quantitative estimate of drug-likeness (QED) is 0.806. The summed E-state index contributed by atoms with van der Waals surface area (Å²) in [5.41, 5.74) is 3.08. The number of halogens is 1. The minimum atomic E-state index is 0.550. The van der Waals surface area contributed by atoms with E-state index < -0.39 is 0 Å². The molecule has 2 aliphatic heterocycles. The summed E-state index contributed by atoms with van der Waals surface area (Å²) in [4.78, 5) is 2.49. The van der Waals surface area contributed by atoms with Crippen molar-refractivity contribution in [1.29, 1.82) is 0 Å². The number of hydrogen-bond acceptors (Lipinski definition) is 2. The van der Waals surface area contributed by atoms with Crippen LogP contribution in [0.25, 0.3) is 0 Å². The Morgan fingerprint density at radius 2 is 2.19 bits per heavy atom. The van der Waals surface area contributed by atoms with Crippen LogP contribution in [-0.4, -0.2) is 26.2 Å². The Hall–Kier alpha value is -0.730. The summed E-state index contributed by atoms with van der Waals surface area (Å²) in [7, 11) is 0. The van der Waals surface area contributed by atoms with Gasteiger partial charge in [-0.15, -0.1) is 0 Å². The van der Waals surface area contributed by atoms with Crippen LogP contribution in [-0.2, 0) is 0 Å². The van der Waals surface area contributed by atoms with Crippen molar-refractivity contribution in [2.75, 3.05) is 31.1 Å². The van der Waals surface area contributed by atoms with Gasteiger partial charge in [0.05, 0.1) is 0 Å². The lowest BCUT2D eigenvalue weighted by atomic mass is 9.81. The van der Waals surface area contributed by atoms with Gasteiger partial charge in [-0.25, -0.2) is 0 Å². The average Bonchev–Trinajstić information content (AvgIpc) is 2.66. The van der Waals surface area contributed by atoms with Crippen LogP contribution in [0.1, 0.15) is 12.0 Å². The molecule has 1 N–H and O–H groups in total. The topological polar surface area (TPSA) is 15.3 Å². The molecule has 3 heteroatoms. The van der Waals surface area contributed by atoms with Crippen LogP contribution in [0.4, 0.5) is 5.69 Å². The molecule has 86 valence electrons. The fraction of sp³-hybridized carbons (Fsp3) is 0.538. The van der Waals surface area contributed by atoms with Crippen molar-refractivity contribution in [3.8, 4) is 0 Å². The normalized spacial score (nSPS) is 22.5. The first-order valence-electron chi connectivity index (χ1n) is 5.91. The van der Waals surface area contributed by atoms with Crippen molar-refractivity contribution in [3.05, 3.63) is 28.8 Å². The number of nitrogens with zero attached hydrogens (tertiary/aromatic N) is 1. The van der Waals surface area contributed by atoms with Crippen molar-refractivity contribution in [1.82, 2.24) is 5.32 Å². The third kappa shape index (κ3) is 1.52. The first-order chi connectivity index (χ1) is 7.70. The van der Waals surface area contributed by atoms with Gasteiger partial charge in [0.15, 0.2) is 0 Å². The maximum absolute atomic E-state index is 6.17. The minimum absolute atomic E-state index is 0.550. The Morgan fingerprint density at radius 1 is 1.38 bits per heavy atom. The van der Waals surface area contributed by atoms with Gasteiger partial charge in [0, 0.05) is 42.3 Å². The highest BCUT2D eigenvalue weighted by molar-refractivity contribution is 6.31. The minimum Gasteiger partial charge on any atom is -0.371 e. The van der Waals surface area contributed by atoms with E-state index in [0.29, 0.717) is 5.41 Å². The Kier molecular flexibility index (Phi) is 2.37. The van der Waals surface area contributed by atoms with Crippen molar-refractivity contribution < 1.29 is 0 Å². The maximum atomic E-state index is 6.17. The number of nitrogens with one attached hydrogen (secondary N) is 1. The van der Waals surface area contributed by atoms with Gasteiger partial charge in [0.1, 0.15) is 0 Å². The Labute approximate surface area is 102 Å². The molecule has 2 fully saturated rings. The number of hydrogen-bond donors (Lipinski definition) is 1. The molecular weight excluding hydrogens is 220 g/mol. The van der Waals surface area contributed by atoms with E-state index in [4.69, 9.17) is 11.6 Å². The van der Waals surface area contributed by atoms with E-state index in [-0.39, 0.29) is 0 Å². The molecule has 1 aromatic carbocycles. The van der Waals surface area contributed by atoms with Crippen molar-refractivity contribution in [2.45, 2.75) is 13.3 Å². The molecule has 2 saturated heterocycles. The summed E-state index contributed by atoms with van der Waals surface area (Å²) in [5.74, 6) is 0. The van der Waals surface area contributed by atoms with E-state index in [1.165, 1.54) is 43.9 Å². The first-order valence-corrected chi connectivity index (χ1v) is 6.29. The van der Waals surface area contributed by atoms with Gasteiger partial charge in [-0.05, 0) is 31.0 Å². The summed E-state index contributed by atoms with van der Waals surface area (Å²) in [6.07, 6.45) is 1.31. The largest absolute Gasteiger partial charge is 0.371 e. The van der Waals surface area contributed by atoms with Crippen LogP contribution in [0.3, 0.4) is 0 Å². The van der Waals surface area contributed by atoms with Crippen LogP contribution < -0.4 is 10.2 Å². The molecule has 0 saturated carbocycles. The maximum Gasteiger partial charge on any atom is 0.0455 e. The second kappa shape index (κ2) is 3.64. The zero-order valence-corrected chi connectivity index (χ0v) is 10.3. The lowest BCUT2D eigenvalue weighted by Gasteiger charge is -2.39. The fourth-order valence-electron chi connectivity index (χ4n) is 2.85.